The third-order valence-electron chi connectivity index (χ3n) is 4.72. The Bertz CT molecular complexity index is 988. The largest absolute Gasteiger partial charge is 0.340 e. The van der Waals surface area contributed by atoms with Gasteiger partial charge < -0.3 is 4.90 Å². The van der Waals surface area contributed by atoms with Gasteiger partial charge in [-0.05, 0) is 6.92 Å². The van der Waals surface area contributed by atoms with Crippen molar-refractivity contribution in [2.24, 2.45) is 7.05 Å². The van der Waals surface area contributed by atoms with Gasteiger partial charge in [-0.15, -0.1) is 0 Å². The molecule has 28 heavy (non-hydrogen) atoms. The van der Waals surface area contributed by atoms with E-state index in [-0.39, 0.29) is 55.6 Å². The number of nitrogens with zero attached hydrogens (tertiary/aromatic N) is 7. The Balaban J connectivity index is 1.55. The van der Waals surface area contributed by atoms with Gasteiger partial charge in [0.25, 0.3) is 0 Å². The second-order valence-corrected chi connectivity index (χ2v) is 8.42. The van der Waals surface area contributed by atoms with Crippen LogP contribution in [0.5, 0.6) is 0 Å². The molecule has 0 unspecified atom stereocenters. The second-order valence-electron chi connectivity index (χ2n) is 6.48. The summed E-state index contributed by atoms with van der Waals surface area (Å²) in [7, 11) is -1.98. The highest BCUT2D eigenvalue weighted by molar-refractivity contribution is 7.89. The highest BCUT2D eigenvalue weighted by atomic mass is 32.2. The third-order valence-corrected chi connectivity index (χ3v) is 6.57. The standard InChI is InChI=1S/C15H21N7O5S/c1-12-14(22(24)25)10-17-21(12)4-3-15(23)19-5-7-20(8-6-19)28(26,27)13-9-16-18(2)11-13/h9-11H,3-8H2,1-2H3. The van der Waals surface area contributed by atoms with Gasteiger partial charge in [0.2, 0.25) is 15.9 Å². The minimum atomic E-state index is -3.62. The Morgan fingerprint density at radius 3 is 2.43 bits per heavy atom. The van der Waals surface area contributed by atoms with Crippen molar-refractivity contribution in [3.8, 4) is 0 Å². The molecule has 0 N–H and O–H groups in total. The summed E-state index contributed by atoms with van der Waals surface area (Å²) in [6, 6.07) is 0. The molecule has 1 aliphatic rings. The predicted octanol–water partition coefficient (Wildman–Crippen LogP) is -0.244. The lowest BCUT2D eigenvalue weighted by Crippen LogP contribution is -2.50. The Morgan fingerprint density at radius 1 is 1.21 bits per heavy atom. The molecule has 152 valence electrons. The van der Waals surface area contributed by atoms with E-state index in [0.717, 1.165) is 0 Å². The molecule has 1 amide bonds. The monoisotopic (exact) mass is 411 g/mol. The molecule has 1 fully saturated rings. The van der Waals surface area contributed by atoms with E-state index in [9.17, 15) is 23.3 Å². The number of aromatic nitrogens is 4. The molecule has 3 heterocycles. The van der Waals surface area contributed by atoms with Crippen LogP contribution in [0, 0.1) is 17.0 Å². The fraction of sp³-hybridized carbons (Fsp3) is 0.533. The van der Waals surface area contributed by atoms with Crippen molar-refractivity contribution < 1.29 is 18.1 Å². The zero-order valence-electron chi connectivity index (χ0n) is 15.6. The van der Waals surface area contributed by atoms with Crippen LogP contribution in [0.2, 0.25) is 0 Å². The molecule has 0 atom stereocenters. The molecule has 1 aliphatic heterocycles. The van der Waals surface area contributed by atoms with Crippen LogP contribution in [0.3, 0.4) is 0 Å². The Kier molecular flexibility index (Phi) is 5.47. The lowest BCUT2D eigenvalue weighted by atomic mass is 10.3. The first kappa shape index (κ1) is 19.9. The number of sulfonamides is 1. The van der Waals surface area contributed by atoms with Gasteiger partial charge in [0.15, 0.2) is 0 Å². The molecule has 0 spiro atoms. The van der Waals surface area contributed by atoms with Crippen LogP contribution in [-0.4, -0.2) is 74.2 Å². The van der Waals surface area contributed by atoms with Crippen molar-refractivity contribution >= 4 is 21.6 Å². The molecule has 0 aliphatic carbocycles. The lowest BCUT2D eigenvalue weighted by molar-refractivity contribution is -0.385. The van der Waals surface area contributed by atoms with Gasteiger partial charge in [0, 0.05) is 45.8 Å². The summed E-state index contributed by atoms with van der Waals surface area (Å²) in [5.41, 5.74) is 0.312. The number of nitro groups is 1. The number of aryl methyl sites for hydroxylation is 2. The summed E-state index contributed by atoms with van der Waals surface area (Å²) in [6.07, 6.45) is 4.05. The number of amides is 1. The average Bonchev–Trinajstić information content (AvgIpc) is 3.26. The van der Waals surface area contributed by atoms with Crippen LogP contribution in [-0.2, 0) is 28.4 Å². The van der Waals surface area contributed by atoms with E-state index in [1.807, 2.05) is 0 Å². The number of carbonyl (C=O) groups is 1. The molecule has 0 saturated carbocycles. The fourth-order valence-electron chi connectivity index (χ4n) is 3.06. The molecule has 2 aromatic rings. The minimum Gasteiger partial charge on any atom is -0.340 e. The van der Waals surface area contributed by atoms with Crippen LogP contribution in [0.25, 0.3) is 0 Å². The molecule has 3 rings (SSSR count). The predicted molar refractivity (Wildman–Crippen MR) is 96.8 cm³/mol. The van der Waals surface area contributed by atoms with E-state index < -0.39 is 14.9 Å². The number of hydrogen-bond donors (Lipinski definition) is 0. The Labute approximate surface area is 161 Å². The molecule has 0 aromatic carbocycles. The van der Waals surface area contributed by atoms with Crippen LogP contribution < -0.4 is 0 Å². The van der Waals surface area contributed by atoms with Gasteiger partial charge in [-0.25, -0.2) is 8.42 Å². The average molecular weight is 411 g/mol. The smallest absolute Gasteiger partial charge is 0.309 e. The van der Waals surface area contributed by atoms with Crippen molar-refractivity contribution in [2.75, 3.05) is 26.2 Å². The van der Waals surface area contributed by atoms with E-state index in [1.165, 1.54) is 32.3 Å². The molecule has 1 saturated heterocycles. The molecular formula is C15H21N7O5S. The van der Waals surface area contributed by atoms with Gasteiger partial charge >= 0.3 is 5.69 Å². The van der Waals surface area contributed by atoms with Crippen molar-refractivity contribution in [3.63, 3.8) is 0 Å². The molecule has 13 heteroatoms. The van der Waals surface area contributed by atoms with Crippen LogP contribution >= 0.6 is 0 Å². The first-order chi connectivity index (χ1) is 13.2. The van der Waals surface area contributed by atoms with E-state index in [4.69, 9.17) is 0 Å². The maximum atomic E-state index is 12.6. The van der Waals surface area contributed by atoms with Crippen molar-refractivity contribution in [3.05, 3.63) is 34.4 Å². The summed E-state index contributed by atoms with van der Waals surface area (Å²) in [5.74, 6) is -0.143. The minimum absolute atomic E-state index is 0.0818. The van der Waals surface area contributed by atoms with E-state index in [0.29, 0.717) is 5.69 Å². The number of hydrogen-bond acceptors (Lipinski definition) is 7. The maximum absolute atomic E-state index is 12.6. The third kappa shape index (κ3) is 3.89. The highest BCUT2D eigenvalue weighted by Gasteiger charge is 2.31. The number of carbonyl (C=O) groups excluding carboxylic acids is 1. The Hall–Kier alpha value is -2.80. The van der Waals surface area contributed by atoms with Crippen molar-refractivity contribution in [2.45, 2.75) is 24.8 Å². The quantitative estimate of drug-likeness (QED) is 0.472. The van der Waals surface area contributed by atoms with Gasteiger partial charge in [-0.1, -0.05) is 0 Å². The number of piperazine rings is 1. The van der Waals surface area contributed by atoms with E-state index >= 15 is 0 Å². The molecular weight excluding hydrogens is 390 g/mol. The van der Waals surface area contributed by atoms with E-state index in [1.54, 1.807) is 18.9 Å². The normalized spacial score (nSPS) is 15.7. The summed E-state index contributed by atoms with van der Waals surface area (Å²) in [5, 5.41) is 18.7. The topological polar surface area (TPSA) is 136 Å². The van der Waals surface area contributed by atoms with Crippen LogP contribution in [0.1, 0.15) is 12.1 Å². The first-order valence-electron chi connectivity index (χ1n) is 8.63. The van der Waals surface area contributed by atoms with Crippen molar-refractivity contribution in [1.82, 2.24) is 28.8 Å². The molecule has 0 radical (unpaired) electrons. The van der Waals surface area contributed by atoms with Gasteiger partial charge in [0.05, 0.1) is 17.7 Å². The zero-order chi connectivity index (χ0) is 20.5. The number of rotatable bonds is 6. The van der Waals surface area contributed by atoms with E-state index in [2.05, 4.69) is 10.2 Å². The summed E-state index contributed by atoms with van der Waals surface area (Å²) in [6.45, 7) is 2.79. The summed E-state index contributed by atoms with van der Waals surface area (Å²) < 4.78 is 29.4. The van der Waals surface area contributed by atoms with Crippen LogP contribution in [0.4, 0.5) is 5.69 Å². The first-order valence-corrected chi connectivity index (χ1v) is 10.1. The summed E-state index contributed by atoms with van der Waals surface area (Å²) >= 11 is 0. The second kappa shape index (κ2) is 7.67. The van der Waals surface area contributed by atoms with Crippen LogP contribution in [0.15, 0.2) is 23.5 Å². The van der Waals surface area contributed by atoms with Gasteiger partial charge in [0.1, 0.15) is 16.8 Å². The molecule has 12 nitrogen and oxygen atoms in total. The van der Waals surface area contributed by atoms with Gasteiger partial charge in [-0.3, -0.25) is 24.3 Å². The highest BCUT2D eigenvalue weighted by Crippen LogP contribution is 2.18. The molecule has 2 aromatic heterocycles. The lowest BCUT2D eigenvalue weighted by Gasteiger charge is -2.33. The SMILES string of the molecule is Cc1c([N+](=O)[O-])cnn1CCC(=O)N1CCN(S(=O)(=O)c2cnn(C)c2)CC1. The maximum Gasteiger partial charge on any atom is 0.309 e. The zero-order valence-corrected chi connectivity index (χ0v) is 16.4. The van der Waals surface area contributed by atoms with Gasteiger partial charge in [-0.2, -0.15) is 14.5 Å². The molecule has 0 bridgehead atoms. The summed E-state index contributed by atoms with van der Waals surface area (Å²) in [4.78, 5) is 24.5. The fourth-order valence-corrected chi connectivity index (χ4v) is 4.47. The van der Waals surface area contributed by atoms with Crippen molar-refractivity contribution in [1.29, 1.82) is 0 Å². The Morgan fingerprint density at radius 2 is 1.89 bits per heavy atom.